The molecule has 124 valence electrons. The van der Waals surface area contributed by atoms with Crippen LogP contribution in [0.5, 0.6) is 0 Å². The fourth-order valence-corrected chi connectivity index (χ4v) is 3.28. The zero-order valence-electron chi connectivity index (χ0n) is 13.8. The largest absolute Gasteiger partial charge is 0.444 e. The summed E-state index contributed by atoms with van der Waals surface area (Å²) in [4.78, 5) is 14.3. The number of carbonyl (C=O) groups is 1. The van der Waals surface area contributed by atoms with Gasteiger partial charge in [0.2, 0.25) is 5.13 Å². The number of nitrogens with one attached hydrogen (secondary N) is 1. The number of likely N-dealkylation sites (tertiary alicyclic amines) is 1. The number of hydrogen-bond acceptors (Lipinski definition) is 6. The molecule has 2 heterocycles. The maximum atomic E-state index is 12.4. The Balaban J connectivity index is 1.92. The summed E-state index contributed by atoms with van der Waals surface area (Å²) >= 11 is 1.49. The number of carbonyl (C=O) groups excluding carboxylic acids is 1. The van der Waals surface area contributed by atoms with Crippen molar-refractivity contribution in [2.24, 2.45) is 0 Å². The highest BCUT2D eigenvalue weighted by Gasteiger charge is 2.31. The van der Waals surface area contributed by atoms with Crippen LogP contribution < -0.4 is 5.32 Å². The van der Waals surface area contributed by atoms with Crippen molar-refractivity contribution in [1.29, 1.82) is 0 Å². The van der Waals surface area contributed by atoms with Crippen molar-refractivity contribution in [3.8, 4) is 0 Å². The van der Waals surface area contributed by atoms with E-state index < -0.39 is 5.60 Å². The molecule has 2 rings (SSSR count). The van der Waals surface area contributed by atoms with Crippen LogP contribution in [0.25, 0.3) is 0 Å². The molecule has 0 aliphatic carbocycles. The molecule has 1 saturated heterocycles. The number of piperidine rings is 1. The van der Waals surface area contributed by atoms with Gasteiger partial charge < -0.3 is 15.0 Å². The van der Waals surface area contributed by atoms with Gasteiger partial charge >= 0.3 is 6.09 Å². The van der Waals surface area contributed by atoms with Crippen molar-refractivity contribution in [3.63, 3.8) is 0 Å². The number of ether oxygens (including phenoxy) is 1. The van der Waals surface area contributed by atoms with Crippen LogP contribution in [0.15, 0.2) is 5.51 Å². The lowest BCUT2D eigenvalue weighted by molar-refractivity contribution is 0.00852. The minimum atomic E-state index is -0.449. The Morgan fingerprint density at radius 2 is 2.32 bits per heavy atom. The first-order valence-corrected chi connectivity index (χ1v) is 8.75. The molecular formula is C15H26N4O2S. The van der Waals surface area contributed by atoms with Crippen LogP contribution in [0.2, 0.25) is 0 Å². The van der Waals surface area contributed by atoms with Crippen molar-refractivity contribution in [1.82, 2.24) is 15.1 Å². The van der Waals surface area contributed by atoms with Crippen molar-refractivity contribution < 1.29 is 9.53 Å². The second-order valence-corrected chi connectivity index (χ2v) is 7.68. The van der Waals surface area contributed by atoms with E-state index in [-0.39, 0.29) is 18.2 Å². The molecule has 1 fully saturated rings. The molecule has 1 amide bonds. The summed E-state index contributed by atoms with van der Waals surface area (Å²) in [5.74, 6) is 0. The van der Waals surface area contributed by atoms with E-state index >= 15 is 0 Å². The summed E-state index contributed by atoms with van der Waals surface area (Å²) in [6.07, 6.45) is 3.93. The lowest BCUT2D eigenvalue weighted by Crippen LogP contribution is -2.47. The molecule has 6 nitrogen and oxygen atoms in total. The van der Waals surface area contributed by atoms with Crippen LogP contribution in [0.1, 0.15) is 53.4 Å². The van der Waals surface area contributed by atoms with Gasteiger partial charge in [-0.2, -0.15) is 0 Å². The summed E-state index contributed by atoms with van der Waals surface area (Å²) < 4.78 is 5.54. The number of rotatable bonds is 4. The van der Waals surface area contributed by atoms with Gasteiger partial charge in [0.05, 0.1) is 0 Å². The predicted molar refractivity (Wildman–Crippen MR) is 88.2 cm³/mol. The molecule has 0 aromatic carbocycles. The number of aromatic nitrogens is 2. The number of hydrogen-bond donors (Lipinski definition) is 1. The van der Waals surface area contributed by atoms with Crippen molar-refractivity contribution in [2.45, 2.75) is 71.1 Å². The first-order valence-electron chi connectivity index (χ1n) is 7.87. The molecule has 2 unspecified atom stereocenters. The lowest BCUT2D eigenvalue weighted by Gasteiger charge is -2.38. The van der Waals surface area contributed by atoms with E-state index in [0.717, 1.165) is 37.4 Å². The Morgan fingerprint density at radius 1 is 1.55 bits per heavy atom. The van der Waals surface area contributed by atoms with Gasteiger partial charge in [-0.25, -0.2) is 4.79 Å². The zero-order valence-corrected chi connectivity index (χ0v) is 14.7. The molecule has 7 heteroatoms. The molecule has 2 atom stereocenters. The van der Waals surface area contributed by atoms with Gasteiger partial charge in [-0.15, -0.1) is 10.2 Å². The van der Waals surface area contributed by atoms with E-state index in [1.54, 1.807) is 5.51 Å². The van der Waals surface area contributed by atoms with E-state index in [0.29, 0.717) is 0 Å². The summed E-state index contributed by atoms with van der Waals surface area (Å²) in [6, 6.07) is 0.458. The summed E-state index contributed by atoms with van der Waals surface area (Å²) in [6.45, 7) is 8.62. The third-order valence-electron chi connectivity index (χ3n) is 3.61. The number of anilines is 1. The molecule has 1 aliphatic rings. The van der Waals surface area contributed by atoms with Crippen LogP contribution in [-0.2, 0) is 4.74 Å². The Morgan fingerprint density at radius 3 is 2.95 bits per heavy atom. The zero-order chi connectivity index (χ0) is 16.2. The molecule has 0 bridgehead atoms. The topological polar surface area (TPSA) is 67.3 Å². The molecule has 1 aromatic heterocycles. The molecular weight excluding hydrogens is 300 g/mol. The normalized spacial score (nSPS) is 20.5. The van der Waals surface area contributed by atoms with E-state index in [9.17, 15) is 4.79 Å². The van der Waals surface area contributed by atoms with Crippen LogP contribution in [-0.4, -0.2) is 45.4 Å². The minimum absolute atomic E-state index is 0.194. The Labute approximate surface area is 136 Å². The summed E-state index contributed by atoms with van der Waals surface area (Å²) in [5, 5.41) is 12.0. The highest BCUT2D eigenvalue weighted by Crippen LogP contribution is 2.24. The minimum Gasteiger partial charge on any atom is -0.444 e. The predicted octanol–water partition coefficient (Wildman–Crippen LogP) is 3.52. The van der Waals surface area contributed by atoms with Crippen LogP contribution >= 0.6 is 11.3 Å². The van der Waals surface area contributed by atoms with Crippen molar-refractivity contribution in [3.05, 3.63) is 5.51 Å². The van der Waals surface area contributed by atoms with Crippen LogP contribution in [0.4, 0.5) is 9.93 Å². The van der Waals surface area contributed by atoms with Gasteiger partial charge in [-0.05, 0) is 53.4 Å². The highest BCUT2D eigenvalue weighted by atomic mass is 32.1. The van der Waals surface area contributed by atoms with Gasteiger partial charge in [0, 0.05) is 18.6 Å². The average Bonchev–Trinajstić information content (AvgIpc) is 2.90. The second-order valence-electron chi connectivity index (χ2n) is 6.85. The molecule has 22 heavy (non-hydrogen) atoms. The Kier molecular flexibility index (Phi) is 5.61. The smallest absolute Gasteiger partial charge is 0.410 e. The standard InChI is InChI=1S/C15H26N4O2S/c1-11(17-13-18-16-10-22-13)9-12-7-5-6-8-19(12)14(20)21-15(2,3)4/h10-12H,5-9H2,1-4H3,(H,17,18). The SMILES string of the molecule is CC(CC1CCCCN1C(=O)OC(C)(C)C)Nc1nncs1. The van der Waals surface area contributed by atoms with Gasteiger partial charge in [-0.1, -0.05) is 11.3 Å². The second kappa shape index (κ2) is 7.26. The maximum absolute atomic E-state index is 12.4. The van der Waals surface area contributed by atoms with Crippen LogP contribution in [0.3, 0.4) is 0 Å². The van der Waals surface area contributed by atoms with Crippen molar-refractivity contribution in [2.75, 3.05) is 11.9 Å². The summed E-state index contributed by atoms with van der Waals surface area (Å²) in [7, 11) is 0. The number of amides is 1. The molecule has 0 saturated carbocycles. The van der Waals surface area contributed by atoms with Crippen molar-refractivity contribution >= 4 is 22.6 Å². The van der Waals surface area contributed by atoms with Gasteiger partial charge in [0.15, 0.2) is 0 Å². The highest BCUT2D eigenvalue weighted by molar-refractivity contribution is 7.13. The molecule has 1 N–H and O–H groups in total. The Bertz CT molecular complexity index is 472. The van der Waals surface area contributed by atoms with E-state index in [1.165, 1.54) is 11.3 Å². The quantitative estimate of drug-likeness (QED) is 0.917. The van der Waals surface area contributed by atoms with Gasteiger partial charge in [0.25, 0.3) is 0 Å². The number of nitrogens with zero attached hydrogens (tertiary/aromatic N) is 3. The third-order valence-corrected chi connectivity index (χ3v) is 4.23. The first-order chi connectivity index (χ1) is 10.3. The molecule has 0 radical (unpaired) electrons. The van der Waals surface area contributed by atoms with Gasteiger partial charge in [-0.3, -0.25) is 0 Å². The fraction of sp³-hybridized carbons (Fsp3) is 0.800. The van der Waals surface area contributed by atoms with E-state index in [4.69, 9.17) is 4.74 Å². The van der Waals surface area contributed by atoms with Crippen LogP contribution in [0, 0.1) is 0 Å². The molecule has 1 aliphatic heterocycles. The Hall–Kier alpha value is -1.37. The molecule has 1 aromatic rings. The average molecular weight is 326 g/mol. The van der Waals surface area contributed by atoms with E-state index in [1.807, 2.05) is 25.7 Å². The maximum Gasteiger partial charge on any atom is 0.410 e. The van der Waals surface area contributed by atoms with Gasteiger partial charge in [0.1, 0.15) is 11.1 Å². The lowest BCUT2D eigenvalue weighted by atomic mass is 9.97. The first kappa shape index (κ1) is 17.0. The van der Waals surface area contributed by atoms with E-state index in [2.05, 4.69) is 22.4 Å². The third kappa shape index (κ3) is 5.12. The molecule has 0 spiro atoms. The summed E-state index contributed by atoms with van der Waals surface area (Å²) in [5.41, 5.74) is 1.26. The monoisotopic (exact) mass is 326 g/mol. The fourth-order valence-electron chi connectivity index (χ4n) is 2.72.